The first-order chi connectivity index (χ1) is 22.6. The Hall–Kier alpha value is -5.01. The summed E-state index contributed by atoms with van der Waals surface area (Å²) in [5.41, 5.74) is 14.2. The number of alkyl halides is 3. The zero-order valence-corrected chi connectivity index (χ0v) is 25.2. The van der Waals surface area contributed by atoms with Gasteiger partial charge in [-0.15, -0.1) is 10.2 Å². The molecule has 3 aromatic heterocycles. The second-order valence-corrected chi connectivity index (χ2v) is 11.5. The largest absolute Gasteiger partial charge is 0.473 e. The monoisotopic (exact) mass is 652 g/mol. The number of ether oxygens (including phenoxy) is 2. The zero-order valence-electron chi connectivity index (χ0n) is 25.2. The number of imidazole rings is 1. The third-order valence-corrected chi connectivity index (χ3v) is 8.29. The van der Waals surface area contributed by atoms with Crippen LogP contribution in [0.4, 0.5) is 23.4 Å². The number of aromatic nitrogens is 6. The number of nitrogens with two attached hydrogens (primary N) is 2. The third kappa shape index (κ3) is 7.36. The summed E-state index contributed by atoms with van der Waals surface area (Å²) in [4.78, 5) is 13.7. The van der Waals surface area contributed by atoms with E-state index in [0.29, 0.717) is 48.5 Å². The molecule has 16 heteroatoms. The first kappa shape index (κ1) is 32.0. The van der Waals surface area contributed by atoms with Crippen molar-refractivity contribution in [2.75, 3.05) is 25.4 Å². The predicted molar refractivity (Wildman–Crippen MR) is 161 cm³/mol. The molecule has 0 saturated carbocycles. The molecule has 1 atom stereocenters. The maximum atomic E-state index is 14.3. The number of nitriles is 1. The van der Waals surface area contributed by atoms with E-state index < -0.39 is 17.8 Å². The number of likely N-dealkylation sites (tertiary alicyclic amines) is 1. The molecule has 246 valence electrons. The van der Waals surface area contributed by atoms with Crippen LogP contribution >= 0.6 is 0 Å². The van der Waals surface area contributed by atoms with Gasteiger partial charge in [0.1, 0.15) is 29.8 Å². The van der Waals surface area contributed by atoms with Crippen LogP contribution in [0.25, 0.3) is 11.8 Å². The van der Waals surface area contributed by atoms with E-state index in [1.165, 1.54) is 18.2 Å². The number of rotatable bonds is 10. The van der Waals surface area contributed by atoms with Crippen LogP contribution in [0.15, 0.2) is 36.4 Å². The van der Waals surface area contributed by atoms with E-state index in [1.807, 2.05) is 22.8 Å². The van der Waals surface area contributed by atoms with Crippen molar-refractivity contribution in [2.24, 2.45) is 5.73 Å². The van der Waals surface area contributed by atoms with Crippen molar-refractivity contribution in [3.05, 3.63) is 82.2 Å². The SMILES string of the molecule is N#Cc1ccc(COc2cccc(C3CCN(Cc4nc(/C=C(\N)c5nnc(C(F)(F)F)[nH]5)c(N)n4CC4CCO4)CC3)n2)c(F)c1. The van der Waals surface area contributed by atoms with E-state index in [-0.39, 0.29) is 35.7 Å². The van der Waals surface area contributed by atoms with Gasteiger partial charge in [0.2, 0.25) is 11.7 Å². The Bertz CT molecular complexity index is 1800. The van der Waals surface area contributed by atoms with Gasteiger partial charge in [-0.25, -0.2) is 14.4 Å². The normalized spacial score (nSPS) is 17.8. The number of benzene rings is 1. The number of nitrogen functional groups attached to an aromatic ring is 1. The van der Waals surface area contributed by atoms with Crippen LogP contribution in [0.3, 0.4) is 0 Å². The standard InChI is InChI=1S/C31H32F4N10O2/c32-22-12-18(14-36)4-5-20(22)17-47-27-3-1-2-24(40-27)19-6-9-44(10-7-19)16-26-39-25(28(38)45(26)15-21-8-11-46-21)13-23(37)29-41-30(43-42-29)31(33,34)35/h1-5,12-13,19,21H,6-11,15-17,37-38H2,(H,41,42,43)/b23-13-. The molecule has 12 nitrogen and oxygen atoms in total. The van der Waals surface area contributed by atoms with E-state index in [1.54, 1.807) is 12.1 Å². The highest BCUT2D eigenvalue weighted by Crippen LogP contribution is 2.31. The number of nitrogens with one attached hydrogen (secondary N) is 1. The van der Waals surface area contributed by atoms with Gasteiger partial charge in [-0.3, -0.25) is 4.90 Å². The summed E-state index contributed by atoms with van der Waals surface area (Å²) in [7, 11) is 0. The Kier molecular flexibility index (Phi) is 9.10. The summed E-state index contributed by atoms with van der Waals surface area (Å²) in [6.07, 6.45) is -0.768. The Morgan fingerprint density at radius 1 is 1.15 bits per heavy atom. The van der Waals surface area contributed by atoms with Crippen molar-refractivity contribution in [2.45, 2.75) is 57.2 Å². The molecule has 0 spiro atoms. The molecule has 4 aromatic rings. The van der Waals surface area contributed by atoms with Gasteiger partial charge in [-0.2, -0.15) is 18.4 Å². The molecule has 0 amide bonds. The van der Waals surface area contributed by atoms with Crippen LogP contribution in [0.1, 0.15) is 65.2 Å². The molecule has 0 radical (unpaired) electrons. The van der Waals surface area contributed by atoms with Gasteiger partial charge in [-0.05, 0) is 56.6 Å². The molecule has 0 aliphatic carbocycles. The van der Waals surface area contributed by atoms with Crippen LogP contribution in [0.5, 0.6) is 5.88 Å². The van der Waals surface area contributed by atoms with Gasteiger partial charge in [0, 0.05) is 29.8 Å². The summed E-state index contributed by atoms with van der Waals surface area (Å²) >= 11 is 0. The molecule has 2 aliphatic heterocycles. The molecule has 1 aromatic carbocycles. The lowest BCUT2D eigenvalue weighted by Gasteiger charge is -2.32. The number of hydrogen-bond donors (Lipinski definition) is 3. The zero-order chi connectivity index (χ0) is 33.1. The number of pyridine rings is 1. The van der Waals surface area contributed by atoms with Gasteiger partial charge in [0.15, 0.2) is 5.82 Å². The topological polar surface area (TPSA) is 170 Å². The van der Waals surface area contributed by atoms with Crippen LogP contribution < -0.4 is 16.2 Å². The Morgan fingerprint density at radius 3 is 2.60 bits per heavy atom. The average molecular weight is 653 g/mol. The van der Waals surface area contributed by atoms with Crippen molar-refractivity contribution >= 4 is 17.6 Å². The number of nitrogens with zero attached hydrogens (tertiary/aromatic N) is 7. The van der Waals surface area contributed by atoms with E-state index in [0.717, 1.165) is 38.0 Å². The molecule has 1 unspecified atom stereocenters. The minimum atomic E-state index is -4.68. The third-order valence-electron chi connectivity index (χ3n) is 8.29. The maximum Gasteiger partial charge on any atom is 0.451 e. The number of anilines is 1. The molecular weight excluding hydrogens is 620 g/mol. The van der Waals surface area contributed by atoms with Crippen molar-refractivity contribution in [1.82, 2.24) is 34.6 Å². The van der Waals surface area contributed by atoms with Crippen LogP contribution in [0, 0.1) is 17.1 Å². The summed E-state index contributed by atoms with van der Waals surface area (Å²) in [6, 6.07) is 11.7. The second-order valence-electron chi connectivity index (χ2n) is 11.5. The fourth-order valence-electron chi connectivity index (χ4n) is 5.54. The molecular formula is C31H32F4N10O2. The van der Waals surface area contributed by atoms with Crippen molar-refractivity contribution in [1.29, 1.82) is 5.26 Å². The van der Waals surface area contributed by atoms with Gasteiger partial charge in [0.05, 0.1) is 36.5 Å². The van der Waals surface area contributed by atoms with E-state index in [4.69, 9.17) is 31.2 Å². The molecule has 5 N–H and O–H groups in total. The van der Waals surface area contributed by atoms with Crippen molar-refractivity contribution < 1.29 is 27.0 Å². The highest BCUT2D eigenvalue weighted by atomic mass is 19.4. The lowest BCUT2D eigenvalue weighted by atomic mass is 9.93. The molecule has 2 fully saturated rings. The van der Waals surface area contributed by atoms with E-state index in [2.05, 4.69) is 25.1 Å². The summed E-state index contributed by atoms with van der Waals surface area (Å²) in [6.45, 7) is 3.15. The molecule has 2 aliphatic rings. The number of aromatic amines is 1. The minimum Gasteiger partial charge on any atom is -0.473 e. The number of piperidine rings is 1. The Morgan fingerprint density at radius 2 is 1.94 bits per heavy atom. The fourth-order valence-corrected chi connectivity index (χ4v) is 5.54. The van der Waals surface area contributed by atoms with Crippen LogP contribution in [-0.4, -0.2) is 60.4 Å². The smallest absolute Gasteiger partial charge is 0.451 e. The minimum absolute atomic E-state index is 0.00998. The number of halogens is 4. The highest BCUT2D eigenvalue weighted by Gasteiger charge is 2.35. The first-order valence-corrected chi connectivity index (χ1v) is 15.0. The van der Waals surface area contributed by atoms with Gasteiger partial charge in [-0.1, -0.05) is 12.1 Å². The van der Waals surface area contributed by atoms with Crippen molar-refractivity contribution in [3.63, 3.8) is 0 Å². The van der Waals surface area contributed by atoms with Gasteiger partial charge in [0.25, 0.3) is 0 Å². The second kappa shape index (κ2) is 13.4. The van der Waals surface area contributed by atoms with Crippen LogP contribution in [0.2, 0.25) is 0 Å². The van der Waals surface area contributed by atoms with Gasteiger partial charge >= 0.3 is 6.18 Å². The Labute approximate surface area is 267 Å². The van der Waals surface area contributed by atoms with E-state index in [9.17, 15) is 17.6 Å². The highest BCUT2D eigenvalue weighted by molar-refractivity contribution is 5.78. The summed E-state index contributed by atoms with van der Waals surface area (Å²) < 4.78 is 66.5. The molecule has 47 heavy (non-hydrogen) atoms. The lowest BCUT2D eigenvalue weighted by Crippen LogP contribution is -2.35. The van der Waals surface area contributed by atoms with Gasteiger partial charge < -0.3 is 30.5 Å². The van der Waals surface area contributed by atoms with Crippen molar-refractivity contribution in [3.8, 4) is 11.9 Å². The quantitative estimate of drug-likeness (QED) is 0.211. The number of hydrogen-bond acceptors (Lipinski definition) is 10. The van der Waals surface area contributed by atoms with Crippen LogP contribution in [-0.2, 0) is 30.6 Å². The summed E-state index contributed by atoms with van der Waals surface area (Å²) in [5.74, 6) is -0.390. The van der Waals surface area contributed by atoms with E-state index >= 15 is 0 Å². The number of H-pyrrole nitrogens is 1. The average Bonchev–Trinajstić information content (AvgIpc) is 3.65. The Balaban J connectivity index is 1.11. The maximum absolute atomic E-state index is 14.3. The molecule has 2 saturated heterocycles. The lowest BCUT2D eigenvalue weighted by molar-refractivity contribution is -0.144. The first-order valence-electron chi connectivity index (χ1n) is 15.0. The summed E-state index contributed by atoms with van der Waals surface area (Å²) in [5, 5.41) is 15.6. The predicted octanol–water partition coefficient (Wildman–Crippen LogP) is 4.21. The molecule has 6 rings (SSSR count). The fraction of sp³-hybridized carbons (Fsp3) is 0.387. The molecule has 0 bridgehead atoms. The molecule has 5 heterocycles.